The van der Waals surface area contributed by atoms with E-state index >= 15 is 0 Å². The van der Waals surface area contributed by atoms with Crippen LogP contribution in [0.25, 0.3) is 6.08 Å². The first-order chi connectivity index (χ1) is 15.8. The van der Waals surface area contributed by atoms with E-state index in [2.05, 4.69) is 9.39 Å². The van der Waals surface area contributed by atoms with Gasteiger partial charge >= 0.3 is 0 Å². The van der Waals surface area contributed by atoms with Crippen LogP contribution in [0.15, 0.2) is 63.5 Å². The Labute approximate surface area is 195 Å². The molecule has 0 atom stereocenters. The zero-order chi connectivity index (χ0) is 23.6. The number of nitrogens with one attached hydrogen (secondary N) is 1. The highest BCUT2D eigenvalue weighted by atomic mass is 32.2. The summed E-state index contributed by atoms with van der Waals surface area (Å²) in [5.74, 6) is 0.0696. The summed E-state index contributed by atoms with van der Waals surface area (Å²) in [4.78, 5) is 17.5. The molecule has 0 radical (unpaired) electrons. The molecular weight excluding hydrogens is 464 g/mol. The Morgan fingerprint density at radius 1 is 1.12 bits per heavy atom. The lowest BCUT2D eigenvalue weighted by Gasteiger charge is -2.23. The summed E-state index contributed by atoms with van der Waals surface area (Å²) in [6.45, 7) is 2.62. The highest BCUT2D eigenvalue weighted by Crippen LogP contribution is 2.32. The van der Waals surface area contributed by atoms with Crippen LogP contribution in [0.1, 0.15) is 18.1 Å². The summed E-state index contributed by atoms with van der Waals surface area (Å²) in [5, 5.41) is 8.16. The third-order valence-corrected chi connectivity index (χ3v) is 6.40. The fourth-order valence-electron chi connectivity index (χ4n) is 3.14. The molecule has 0 bridgehead atoms. The molecule has 11 heteroatoms. The minimum Gasteiger partial charge on any atom is -0.490 e. The lowest BCUT2D eigenvalue weighted by atomic mass is 10.1. The molecule has 2 aromatic carbocycles. The first-order valence-electron chi connectivity index (χ1n) is 9.90. The van der Waals surface area contributed by atoms with Crippen molar-refractivity contribution in [3.63, 3.8) is 0 Å². The van der Waals surface area contributed by atoms with Crippen LogP contribution in [0.4, 0.5) is 0 Å². The second-order valence-corrected chi connectivity index (χ2v) is 9.73. The summed E-state index contributed by atoms with van der Waals surface area (Å²) in [5.41, 5.74) is 1.52. The number of carbonyl (C=O) groups excluding carboxylic acids is 1. The van der Waals surface area contributed by atoms with E-state index < -0.39 is 15.7 Å². The number of fused-ring (bicyclic) bond motifs is 1. The van der Waals surface area contributed by atoms with Crippen molar-refractivity contribution >= 4 is 49.9 Å². The molecule has 0 saturated heterocycles. The molecule has 0 spiro atoms. The Hall–Kier alpha value is -3.44. The predicted octanol–water partition coefficient (Wildman–Crippen LogP) is 3.29. The van der Waals surface area contributed by atoms with Crippen LogP contribution >= 0.6 is 11.9 Å². The van der Waals surface area contributed by atoms with Gasteiger partial charge in [-0.25, -0.2) is 13.3 Å². The molecule has 0 aromatic heterocycles. The highest BCUT2D eigenvalue weighted by Gasteiger charge is 2.41. The number of aliphatic imine (C=N–C) groups is 1. The van der Waals surface area contributed by atoms with Crippen molar-refractivity contribution < 1.29 is 22.7 Å². The van der Waals surface area contributed by atoms with E-state index in [0.29, 0.717) is 30.3 Å². The van der Waals surface area contributed by atoms with Crippen LogP contribution in [0.3, 0.4) is 0 Å². The maximum absolute atomic E-state index is 12.6. The van der Waals surface area contributed by atoms with Gasteiger partial charge in [-0.3, -0.25) is 10.2 Å². The van der Waals surface area contributed by atoms with Crippen molar-refractivity contribution in [2.24, 2.45) is 9.39 Å². The van der Waals surface area contributed by atoms with Crippen molar-refractivity contribution in [3.05, 3.63) is 65.2 Å². The number of sulfone groups is 1. The van der Waals surface area contributed by atoms with E-state index in [9.17, 15) is 13.2 Å². The van der Waals surface area contributed by atoms with Gasteiger partial charge in [0.05, 0.1) is 24.1 Å². The Morgan fingerprint density at radius 2 is 1.88 bits per heavy atom. The van der Waals surface area contributed by atoms with E-state index in [1.165, 1.54) is 6.08 Å². The predicted molar refractivity (Wildman–Crippen MR) is 128 cm³/mol. The van der Waals surface area contributed by atoms with Crippen molar-refractivity contribution in [3.8, 4) is 11.5 Å². The molecule has 2 aromatic rings. The number of amides is 1. The quantitative estimate of drug-likeness (QED) is 0.493. The molecular formula is C22H20N4O5S2. The molecule has 1 N–H and O–H groups in total. The summed E-state index contributed by atoms with van der Waals surface area (Å²) in [7, 11) is -3.71. The van der Waals surface area contributed by atoms with Crippen molar-refractivity contribution in [2.45, 2.75) is 13.5 Å². The molecule has 4 rings (SSSR count). The number of ether oxygens (including phenoxy) is 2. The van der Waals surface area contributed by atoms with Gasteiger partial charge in [0.1, 0.15) is 12.4 Å². The summed E-state index contributed by atoms with van der Waals surface area (Å²) < 4.78 is 39.5. The number of hydrogen-bond acceptors (Lipinski definition) is 8. The average molecular weight is 485 g/mol. The van der Waals surface area contributed by atoms with Crippen LogP contribution in [0.5, 0.6) is 11.5 Å². The van der Waals surface area contributed by atoms with Crippen molar-refractivity contribution in [1.29, 1.82) is 5.41 Å². The van der Waals surface area contributed by atoms with E-state index in [4.69, 9.17) is 14.9 Å². The van der Waals surface area contributed by atoms with Gasteiger partial charge in [-0.1, -0.05) is 36.4 Å². The van der Waals surface area contributed by atoms with Gasteiger partial charge < -0.3 is 9.47 Å². The van der Waals surface area contributed by atoms with Gasteiger partial charge in [0.2, 0.25) is 20.2 Å². The number of hydrogen-bond donors (Lipinski definition) is 1. The number of benzene rings is 2. The Morgan fingerprint density at radius 3 is 2.58 bits per heavy atom. The molecule has 1 amide bonds. The monoisotopic (exact) mass is 484 g/mol. The molecule has 0 fully saturated rings. The number of amidine groups is 3. The molecule has 2 heterocycles. The molecule has 2 aliphatic heterocycles. The van der Waals surface area contributed by atoms with Gasteiger partial charge in [0, 0.05) is 6.26 Å². The number of carbonyl (C=O) groups is 1. The first kappa shape index (κ1) is 22.7. The fourth-order valence-corrected chi connectivity index (χ4v) is 4.99. The van der Waals surface area contributed by atoms with Crippen molar-refractivity contribution in [2.75, 3.05) is 12.9 Å². The van der Waals surface area contributed by atoms with Crippen LogP contribution < -0.4 is 9.47 Å². The Bertz CT molecular complexity index is 1320. The molecule has 170 valence electrons. The largest absolute Gasteiger partial charge is 0.490 e. The second-order valence-electron chi connectivity index (χ2n) is 7.09. The Kier molecular flexibility index (Phi) is 6.34. The molecule has 2 aliphatic rings. The topological polar surface area (TPSA) is 121 Å². The van der Waals surface area contributed by atoms with Gasteiger partial charge in [-0.15, -0.1) is 0 Å². The first-order valence-corrected chi connectivity index (χ1v) is 12.6. The second kappa shape index (κ2) is 9.20. The molecule has 9 nitrogen and oxygen atoms in total. The third-order valence-electron chi connectivity index (χ3n) is 4.64. The van der Waals surface area contributed by atoms with E-state index in [1.807, 2.05) is 37.3 Å². The molecule has 0 unspecified atom stereocenters. The minimum absolute atomic E-state index is 0.0437. The zero-order valence-electron chi connectivity index (χ0n) is 17.8. The zero-order valence-corrected chi connectivity index (χ0v) is 19.4. The maximum Gasteiger partial charge on any atom is 0.283 e. The maximum atomic E-state index is 12.6. The lowest BCUT2D eigenvalue weighted by molar-refractivity contribution is -0.114. The standard InChI is InChI=1S/C22H20N4O5S2/c1-3-30-18-12-15(9-10-17(18)31-13-14-7-5-4-6-8-14)11-16-19(23)26-21(24-20(16)27)32-25-22(26)33(2,28)29/h4-12,23H,3,13H2,1-2H3. The number of rotatable bonds is 6. The SMILES string of the molecule is CCOc1cc(C=C2C(=N)N3C(=NC2=O)SN=C3S(C)(=O)=O)ccc1OCc1ccccc1. The summed E-state index contributed by atoms with van der Waals surface area (Å²) in [6.07, 6.45) is 2.46. The molecule has 0 saturated carbocycles. The highest BCUT2D eigenvalue weighted by molar-refractivity contribution is 8.16. The van der Waals surface area contributed by atoms with Gasteiger partial charge in [-0.05, 0) is 36.3 Å². The van der Waals surface area contributed by atoms with Crippen LogP contribution in [0, 0.1) is 5.41 Å². The third kappa shape index (κ3) is 4.83. The van der Waals surface area contributed by atoms with E-state index in [0.717, 1.165) is 28.7 Å². The minimum atomic E-state index is -3.71. The molecule has 0 aliphatic carbocycles. The summed E-state index contributed by atoms with van der Waals surface area (Å²) in [6, 6.07) is 14.8. The lowest BCUT2D eigenvalue weighted by Crippen LogP contribution is -2.45. The van der Waals surface area contributed by atoms with E-state index in [-0.39, 0.29) is 21.7 Å². The normalized spacial score (nSPS) is 17.0. The van der Waals surface area contributed by atoms with Gasteiger partial charge in [0.15, 0.2) is 11.5 Å². The van der Waals surface area contributed by atoms with E-state index in [1.54, 1.807) is 18.2 Å². The van der Waals surface area contributed by atoms with Crippen LogP contribution in [-0.4, -0.2) is 48.3 Å². The van der Waals surface area contributed by atoms with Crippen molar-refractivity contribution in [1.82, 2.24) is 4.90 Å². The van der Waals surface area contributed by atoms with Crippen LogP contribution in [-0.2, 0) is 21.2 Å². The smallest absolute Gasteiger partial charge is 0.283 e. The fraction of sp³-hybridized carbons (Fsp3) is 0.182. The number of nitrogens with zero attached hydrogens (tertiary/aromatic N) is 3. The molecule has 33 heavy (non-hydrogen) atoms. The van der Waals surface area contributed by atoms with Gasteiger partial charge in [-0.2, -0.15) is 9.39 Å². The van der Waals surface area contributed by atoms with Gasteiger partial charge in [0.25, 0.3) is 5.91 Å². The van der Waals surface area contributed by atoms with Crippen LogP contribution in [0.2, 0.25) is 0 Å². The Balaban J connectivity index is 1.63. The summed E-state index contributed by atoms with van der Waals surface area (Å²) >= 11 is 0.751. The average Bonchev–Trinajstić information content (AvgIpc) is 3.21.